The van der Waals surface area contributed by atoms with Gasteiger partial charge in [0.25, 0.3) is 0 Å². The van der Waals surface area contributed by atoms with Gasteiger partial charge in [-0.2, -0.15) is 0 Å². The second-order valence-corrected chi connectivity index (χ2v) is 6.88. The lowest BCUT2D eigenvalue weighted by atomic mass is 10.2. The molecule has 0 spiro atoms. The van der Waals surface area contributed by atoms with Gasteiger partial charge < -0.3 is 14.8 Å². The number of nitrogens with one attached hydrogen (secondary N) is 2. The lowest BCUT2D eigenvalue weighted by Crippen LogP contribution is -2.27. The van der Waals surface area contributed by atoms with E-state index in [1.54, 1.807) is 39.0 Å². The van der Waals surface area contributed by atoms with Gasteiger partial charge in [-0.3, -0.25) is 10.1 Å². The van der Waals surface area contributed by atoms with Gasteiger partial charge in [0.05, 0.1) is 18.5 Å². The molecular weight excluding hydrogens is 363 g/mol. The van der Waals surface area contributed by atoms with E-state index >= 15 is 0 Å². The maximum Gasteiger partial charge on any atom is 0.412 e. The Hall–Kier alpha value is -3.35. The van der Waals surface area contributed by atoms with Gasteiger partial charge in [0.15, 0.2) is 0 Å². The van der Waals surface area contributed by atoms with Crippen molar-refractivity contribution in [2.24, 2.45) is 0 Å². The Bertz CT molecular complexity index is 888. The Morgan fingerprint density at radius 2 is 1.75 bits per heavy atom. The van der Waals surface area contributed by atoms with Crippen LogP contribution in [0.5, 0.6) is 5.75 Å². The van der Waals surface area contributed by atoms with Gasteiger partial charge in [0.1, 0.15) is 17.2 Å². The number of carbonyl (C=O) groups is 2. The van der Waals surface area contributed by atoms with Crippen LogP contribution in [0.1, 0.15) is 26.3 Å². The van der Waals surface area contributed by atoms with Crippen molar-refractivity contribution in [2.75, 3.05) is 17.7 Å². The molecule has 0 aliphatic heterocycles. The molecule has 0 saturated carbocycles. The first-order chi connectivity index (χ1) is 13.2. The molecule has 0 bridgehead atoms. The van der Waals surface area contributed by atoms with Crippen LogP contribution >= 0.6 is 0 Å². The molecule has 2 amide bonds. The summed E-state index contributed by atoms with van der Waals surface area (Å²) >= 11 is 0. The first kappa shape index (κ1) is 21.0. The Balaban J connectivity index is 2.14. The van der Waals surface area contributed by atoms with Gasteiger partial charge >= 0.3 is 6.09 Å². The zero-order valence-corrected chi connectivity index (χ0v) is 16.2. The maximum atomic E-state index is 13.6. The van der Waals surface area contributed by atoms with Crippen molar-refractivity contribution in [1.82, 2.24) is 0 Å². The normalized spacial score (nSPS) is 11.2. The fraction of sp³-hybridized carbons (Fsp3) is 0.238. The number of halogens is 1. The van der Waals surface area contributed by atoms with Crippen LogP contribution in [0.25, 0.3) is 6.08 Å². The first-order valence-corrected chi connectivity index (χ1v) is 8.59. The summed E-state index contributed by atoms with van der Waals surface area (Å²) in [6.07, 6.45) is 2.16. The van der Waals surface area contributed by atoms with Gasteiger partial charge in [-0.15, -0.1) is 0 Å². The summed E-state index contributed by atoms with van der Waals surface area (Å²) < 4.78 is 24.0. The average Bonchev–Trinajstić information content (AvgIpc) is 2.61. The summed E-state index contributed by atoms with van der Waals surface area (Å²) in [4.78, 5) is 24.2. The summed E-state index contributed by atoms with van der Waals surface area (Å²) in [7, 11) is 1.54. The maximum absolute atomic E-state index is 13.6. The summed E-state index contributed by atoms with van der Waals surface area (Å²) in [5.74, 6) is -0.438. The van der Waals surface area contributed by atoms with Crippen molar-refractivity contribution in [3.8, 4) is 5.75 Å². The van der Waals surface area contributed by atoms with Crippen molar-refractivity contribution >= 4 is 29.5 Å². The predicted molar refractivity (Wildman–Crippen MR) is 107 cm³/mol. The van der Waals surface area contributed by atoms with E-state index in [0.29, 0.717) is 11.3 Å². The van der Waals surface area contributed by atoms with Crippen molar-refractivity contribution in [3.63, 3.8) is 0 Å². The number of benzene rings is 2. The summed E-state index contributed by atoms with van der Waals surface area (Å²) in [5.41, 5.74) is 0.354. The minimum absolute atomic E-state index is 0.112. The molecule has 0 aromatic heterocycles. The fourth-order valence-electron chi connectivity index (χ4n) is 2.29. The molecule has 0 saturated heterocycles. The average molecular weight is 386 g/mol. The van der Waals surface area contributed by atoms with Crippen molar-refractivity contribution in [2.45, 2.75) is 26.4 Å². The van der Waals surface area contributed by atoms with Crippen molar-refractivity contribution < 1.29 is 23.5 Å². The van der Waals surface area contributed by atoms with Crippen LogP contribution in [0.2, 0.25) is 0 Å². The highest BCUT2D eigenvalue weighted by Crippen LogP contribution is 2.24. The first-order valence-electron chi connectivity index (χ1n) is 8.59. The van der Waals surface area contributed by atoms with E-state index in [-0.39, 0.29) is 11.4 Å². The number of para-hydroxylation sites is 1. The third kappa shape index (κ3) is 6.42. The van der Waals surface area contributed by atoms with E-state index in [4.69, 9.17) is 9.47 Å². The number of methoxy groups -OCH3 is 1. The molecule has 0 radical (unpaired) electrons. The minimum Gasteiger partial charge on any atom is -0.496 e. The summed E-state index contributed by atoms with van der Waals surface area (Å²) in [5, 5.41) is 5.06. The highest BCUT2D eigenvalue weighted by Gasteiger charge is 2.18. The molecule has 0 aliphatic carbocycles. The topological polar surface area (TPSA) is 76.7 Å². The van der Waals surface area contributed by atoms with Crippen LogP contribution in [0.3, 0.4) is 0 Å². The Kier molecular flexibility index (Phi) is 6.76. The quantitative estimate of drug-likeness (QED) is 0.722. The van der Waals surface area contributed by atoms with Crippen LogP contribution in [-0.4, -0.2) is 24.7 Å². The van der Waals surface area contributed by atoms with E-state index in [0.717, 1.165) is 6.07 Å². The molecule has 2 rings (SSSR count). The van der Waals surface area contributed by atoms with Gasteiger partial charge in [0.2, 0.25) is 5.91 Å². The van der Waals surface area contributed by atoms with E-state index in [1.807, 2.05) is 12.1 Å². The molecule has 28 heavy (non-hydrogen) atoms. The number of hydrogen-bond donors (Lipinski definition) is 2. The number of carbonyl (C=O) groups excluding carboxylic acids is 2. The number of anilines is 2. The zero-order valence-electron chi connectivity index (χ0n) is 16.2. The molecule has 148 valence electrons. The van der Waals surface area contributed by atoms with Gasteiger partial charge in [-0.05, 0) is 51.1 Å². The zero-order chi connectivity index (χ0) is 20.7. The SMILES string of the molecule is COc1ccccc1/C=C/C(=O)Nc1cc(F)ccc1NC(=O)OC(C)(C)C. The third-order valence-electron chi connectivity index (χ3n) is 3.43. The van der Waals surface area contributed by atoms with E-state index in [2.05, 4.69) is 10.6 Å². The number of amides is 2. The summed E-state index contributed by atoms with van der Waals surface area (Å²) in [6, 6.07) is 10.8. The lowest BCUT2D eigenvalue weighted by molar-refractivity contribution is -0.111. The number of hydrogen-bond acceptors (Lipinski definition) is 4. The molecule has 2 N–H and O–H groups in total. The molecule has 0 fully saturated rings. The predicted octanol–water partition coefficient (Wildman–Crippen LogP) is 4.83. The highest BCUT2D eigenvalue weighted by atomic mass is 19.1. The lowest BCUT2D eigenvalue weighted by Gasteiger charge is -2.20. The van der Waals surface area contributed by atoms with Crippen LogP contribution in [0.15, 0.2) is 48.5 Å². The Morgan fingerprint density at radius 3 is 2.43 bits per heavy atom. The molecule has 0 aliphatic rings. The molecule has 0 atom stereocenters. The molecular formula is C21H23FN2O4. The number of rotatable bonds is 5. The van der Waals surface area contributed by atoms with E-state index in [1.165, 1.54) is 25.3 Å². The monoisotopic (exact) mass is 386 g/mol. The Labute approximate surface area is 163 Å². The van der Waals surface area contributed by atoms with Crippen LogP contribution in [0.4, 0.5) is 20.6 Å². The van der Waals surface area contributed by atoms with Gasteiger partial charge in [-0.1, -0.05) is 18.2 Å². The second-order valence-electron chi connectivity index (χ2n) is 6.88. The second kappa shape index (κ2) is 9.03. The smallest absolute Gasteiger partial charge is 0.412 e. The third-order valence-corrected chi connectivity index (χ3v) is 3.43. The fourth-order valence-corrected chi connectivity index (χ4v) is 2.29. The minimum atomic E-state index is -0.709. The van der Waals surface area contributed by atoms with E-state index < -0.39 is 23.4 Å². The summed E-state index contributed by atoms with van der Waals surface area (Å²) in [6.45, 7) is 5.17. The Morgan fingerprint density at radius 1 is 1.04 bits per heavy atom. The van der Waals surface area contributed by atoms with Gasteiger partial charge in [-0.25, -0.2) is 9.18 Å². The molecule has 0 unspecified atom stereocenters. The van der Waals surface area contributed by atoms with Gasteiger partial charge in [0, 0.05) is 11.6 Å². The van der Waals surface area contributed by atoms with Crippen LogP contribution in [-0.2, 0) is 9.53 Å². The standard InChI is InChI=1S/C21H23FN2O4/c1-21(2,3)28-20(26)24-16-11-10-15(22)13-17(16)23-19(25)12-9-14-7-5-6-8-18(14)27-4/h5-13H,1-4H3,(H,23,25)(H,24,26)/b12-9+. The van der Waals surface area contributed by atoms with Crippen molar-refractivity contribution in [3.05, 3.63) is 59.9 Å². The number of ether oxygens (including phenoxy) is 2. The molecule has 6 nitrogen and oxygen atoms in total. The molecule has 2 aromatic carbocycles. The van der Waals surface area contributed by atoms with Crippen LogP contribution in [0, 0.1) is 5.82 Å². The van der Waals surface area contributed by atoms with E-state index in [9.17, 15) is 14.0 Å². The molecule has 0 heterocycles. The molecule has 2 aromatic rings. The molecule has 7 heteroatoms. The van der Waals surface area contributed by atoms with Crippen molar-refractivity contribution in [1.29, 1.82) is 0 Å². The largest absolute Gasteiger partial charge is 0.496 e. The highest BCUT2D eigenvalue weighted by molar-refractivity contribution is 6.05. The van der Waals surface area contributed by atoms with Crippen LogP contribution < -0.4 is 15.4 Å².